The molecule has 1 aromatic rings. The lowest BCUT2D eigenvalue weighted by molar-refractivity contribution is -0.116. The molecular weight excluding hydrogens is 217 g/mol. The molecule has 0 aliphatic rings. The minimum absolute atomic E-state index is 0.235. The van der Waals surface area contributed by atoms with Gasteiger partial charge < -0.3 is 0 Å². The van der Waals surface area contributed by atoms with E-state index < -0.39 is 22.5 Å². The lowest BCUT2D eigenvalue weighted by Gasteiger charge is -2.04. The minimum Gasteiger partial charge on any atom is -0.300 e. The van der Waals surface area contributed by atoms with Gasteiger partial charge in [-0.2, -0.15) is 0 Å². The van der Waals surface area contributed by atoms with Gasteiger partial charge in [0.1, 0.15) is 16.6 Å². The van der Waals surface area contributed by atoms with Crippen LogP contribution in [0.4, 0.5) is 13.2 Å². The molecule has 1 aromatic carbocycles. The quantitative estimate of drug-likeness (QED) is 0.556. The lowest BCUT2D eigenvalue weighted by Crippen LogP contribution is -2.03. The van der Waals surface area contributed by atoms with Gasteiger partial charge in [0, 0.05) is 6.42 Å². The summed E-state index contributed by atoms with van der Waals surface area (Å²) in [6, 6.07) is 0.637. The summed E-state index contributed by atoms with van der Waals surface area (Å²) < 4.78 is 38.5. The van der Waals surface area contributed by atoms with Crippen LogP contribution in [0.3, 0.4) is 0 Å². The molecule has 76 valence electrons. The summed E-state index contributed by atoms with van der Waals surface area (Å²) in [5.74, 6) is -4.13. The molecule has 0 aromatic heterocycles. The third-order valence-corrected chi connectivity index (χ3v) is 1.95. The molecule has 0 atom stereocenters. The predicted octanol–water partition coefficient (Wildman–Crippen LogP) is 2.89. The third kappa shape index (κ3) is 2.07. The average molecular weight is 223 g/mol. The first-order valence-electron chi connectivity index (χ1n) is 3.74. The fourth-order valence-electron chi connectivity index (χ4n) is 1.02. The van der Waals surface area contributed by atoms with Gasteiger partial charge in [0.2, 0.25) is 0 Å². The number of rotatable bonds is 2. The van der Waals surface area contributed by atoms with Crippen LogP contribution in [0.5, 0.6) is 0 Å². The highest BCUT2D eigenvalue weighted by molar-refractivity contribution is 6.31. The first-order valence-corrected chi connectivity index (χ1v) is 4.12. The molecule has 0 heterocycles. The molecular formula is C9H6ClF3O. The Bertz CT molecular complexity index is 390. The number of hydrogen-bond donors (Lipinski definition) is 0. The standard InChI is InChI=1S/C9H6ClF3O/c1-4(14)2-5-3-6(11)9(13)7(10)8(5)12/h3H,2H2,1H3. The fraction of sp³-hybridized carbons (Fsp3) is 0.222. The van der Waals surface area contributed by atoms with Crippen molar-refractivity contribution in [1.82, 2.24) is 0 Å². The van der Waals surface area contributed by atoms with Crippen LogP contribution in [0.25, 0.3) is 0 Å². The summed E-state index contributed by atoms with van der Waals surface area (Å²) in [5.41, 5.74) is -0.235. The Morgan fingerprint density at radius 1 is 1.36 bits per heavy atom. The summed E-state index contributed by atoms with van der Waals surface area (Å²) in [6.07, 6.45) is -0.303. The van der Waals surface area contributed by atoms with Crippen molar-refractivity contribution in [3.05, 3.63) is 34.1 Å². The maximum absolute atomic E-state index is 13.1. The van der Waals surface area contributed by atoms with E-state index in [2.05, 4.69) is 0 Å². The molecule has 1 rings (SSSR count). The van der Waals surface area contributed by atoms with Gasteiger partial charge in [-0.3, -0.25) is 4.79 Å². The normalized spacial score (nSPS) is 10.4. The number of carbonyl (C=O) groups excluding carboxylic acids is 1. The van der Waals surface area contributed by atoms with E-state index >= 15 is 0 Å². The van der Waals surface area contributed by atoms with Crippen LogP contribution in [0.2, 0.25) is 5.02 Å². The molecule has 0 radical (unpaired) electrons. The number of ketones is 1. The number of hydrogen-bond acceptors (Lipinski definition) is 1. The van der Waals surface area contributed by atoms with E-state index in [-0.39, 0.29) is 17.8 Å². The zero-order chi connectivity index (χ0) is 10.9. The van der Waals surface area contributed by atoms with Gasteiger partial charge in [-0.25, -0.2) is 13.2 Å². The number of benzene rings is 1. The first kappa shape index (κ1) is 11.0. The Morgan fingerprint density at radius 2 is 1.93 bits per heavy atom. The predicted molar refractivity (Wildman–Crippen MR) is 45.7 cm³/mol. The second-order valence-electron chi connectivity index (χ2n) is 2.84. The molecule has 0 amide bonds. The summed E-state index contributed by atoms with van der Waals surface area (Å²) in [7, 11) is 0. The third-order valence-electron chi connectivity index (χ3n) is 1.62. The molecule has 0 aliphatic carbocycles. The van der Waals surface area contributed by atoms with Crippen molar-refractivity contribution in [2.45, 2.75) is 13.3 Å². The van der Waals surface area contributed by atoms with Crippen molar-refractivity contribution in [3.63, 3.8) is 0 Å². The number of Topliss-reactive ketones (excluding diaryl/α,β-unsaturated/α-hetero) is 1. The van der Waals surface area contributed by atoms with Crippen molar-refractivity contribution in [2.75, 3.05) is 0 Å². The SMILES string of the molecule is CC(=O)Cc1cc(F)c(F)c(Cl)c1F. The molecule has 0 spiro atoms. The van der Waals surface area contributed by atoms with E-state index in [1.54, 1.807) is 0 Å². The van der Waals surface area contributed by atoms with E-state index in [0.717, 1.165) is 0 Å². The monoisotopic (exact) mass is 222 g/mol. The van der Waals surface area contributed by atoms with E-state index in [9.17, 15) is 18.0 Å². The Morgan fingerprint density at radius 3 is 2.43 bits per heavy atom. The molecule has 0 aliphatic heterocycles. The van der Waals surface area contributed by atoms with E-state index in [1.165, 1.54) is 6.92 Å². The maximum Gasteiger partial charge on any atom is 0.180 e. The lowest BCUT2D eigenvalue weighted by atomic mass is 10.1. The van der Waals surface area contributed by atoms with Gasteiger partial charge in [-0.15, -0.1) is 0 Å². The Kier molecular flexibility index (Phi) is 3.16. The molecule has 0 fully saturated rings. The second kappa shape index (κ2) is 4.00. The number of carbonyl (C=O) groups is 1. The molecule has 0 N–H and O–H groups in total. The van der Waals surface area contributed by atoms with E-state index in [0.29, 0.717) is 6.07 Å². The highest BCUT2D eigenvalue weighted by Gasteiger charge is 2.17. The summed E-state index contributed by atoms with van der Waals surface area (Å²) in [6.45, 7) is 1.22. The largest absolute Gasteiger partial charge is 0.300 e. The van der Waals surface area contributed by atoms with Crippen LogP contribution in [0.1, 0.15) is 12.5 Å². The van der Waals surface area contributed by atoms with E-state index in [4.69, 9.17) is 11.6 Å². The van der Waals surface area contributed by atoms with Crippen LogP contribution in [0.15, 0.2) is 6.07 Å². The van der Waals surface area contributed by atoms with Gasteiger partial charge in [0.05, 0.1) is 0 Å². The fourth-order valence-corrected chi connectivity index (χ4v) is 1.23. The molecule has 1 nitrogen and oxygen atoms in total. The smallest absolute Gasteiger partial charge is 0.180 e. The first-order chi connectivity index (χ1) is 6.43. The highest BCUT2D eigenvalue weighted by atomic mass is 35.5. The van der Waals surface area contributed by atoms with Gasteiger partial charge >= 0.3 is 0 Å². The summed E-state index contributed by atoms with van der Waals surface area (Å²) in [5, 5.41) is -0.916. The van der Waals surface area contributed by atoms with E-state index in [1.807, 2.05) is 0 Å². The van der Waals surface area contributed by atoms with Crippen molar-refractivity contribution in [2.24, 2.45) is 0 Å². The van der Waals surface area contributed by atoms with Crippen LogP contribution >= 0.6 is 11.6 Å². The molecule has 14 heavy (non-hydrogen) atoms. The summed E-state index contributed by atoms with van der Waals surface area (Å²) >= 11 is 5.17. The van der Waals surface area contributed by atoms with Crippen LogP contribution in [0, 0.1) is 17.5 Å². The minimum atomic E-state index is -1.43. The molecule has 5 heteroatoms. The molecule has 0 saturated heterocycles. The Hall–Kier alpha value is -1.03. The number of halogens is 4. The molecule has 0 bridgehead atoms. The van der Waals surface area contributed by atoms with Crippen molar-refractivity contribution >= 4 is 17.4 Å². The van der Waals surface area contributed by atoms with Crippen LogP contribution in [-0.4, -0.2) is 5.78 Å². The molecule has 0 saturated carbocycles. The zero-order valence-electron chi connectivity index (χ0n) is 7.20. The van der Waals surface area contributed by atoms with Crippen LogP contribution < -0.4 is 0 Å². The Labute approximate surface area is 83.5 Å². The van der Waals surface area contributed by atoms with Crippen molar-refractivity contribution in [1.29, 1.82) is 0 Å². The second-order valence-corrected chi connectivity index (χ2v) is 3.22. The zero-order valence-corrected chi connectivity index (χ0v) is 7.96. The maximum atomic E-state index is 13.1. The summed E-state index contributed by atoms with van der Waals surface area (Å²) in [4.78, 5) is 10.6. The van der Waals surface area contributed by atoms with Gasteiger partial charge in [0.25, 0.3) is 0 Å². The molecule has 0 unspecified atom stereocenters. The van der Waals surface area contributed by atoms with Gasteiger partial charge in [0.15, 0.2) is 11.6 Å². The Balaban J connectivity index is 3.25. The van der Waals surface area contributed by atoms with Crippen molar-refractivity contribution < 1.29 is 18.0 Å². The van der Waals surface area contributed by atoms with Crippen LogP contribution in [-0.2, 0) is 11.2 Å². The van der Waals surface area contributed by atoms with Gasteiger partial charge in [-0.05, 0) is 18.6 Å². The van der Waals surface area contributed by atoms with Crippen molar-refractivity contribution in [3.8, 4) is 0 Å². The highest BCUT2D eigenvalue weighted by Crippen LogP contribution is 2.24. The van der Waals surface area contributed by atoms with Gasteiger partial charge in [-0.1, -0.05) is 11.6 Å². The topological polar surface area (TPSA) is 17.1 Å². The average Bonchev–Trinajstić information content (AvgIpc) is 2.10.